The minimum absolute atomic E-state index is 0.672. The van der Waals surface area contributed by atoms with E-state index in [1.165, 1.54) is 10.9 Å². The molecular weight excluding hydrogens is 322 g/mol. The van der Waals surface area contributed by atoms with Gasteiger partial charge in [0.15, 0.2) is 0 Å². The first-order valence-electron chi connectivity index (χ1n) is 8.51. The molecule has 2 aromatic carbocycles. The average molecular weight is 335 g/mol. The van der Waals surface area contributed by atoms with Gasteiger partial charge in [-0.3, -0.25) is 4.98 Å². The molecule has 4 heteroatoms. The van der Waals surface area contributed by atoms with Gasteiger partial charge in [0, 0.05) is 45.8 Å². The lowest BCUT2D eigenvalue weighted by atomic mass is 10.1. The molecule has 6 rings (SSSR count). The van der Waals surface area contributed by atoms with Gasteiger partial charge in [0.05, 0.1) is 11.0 Å². The number of rotatable bonds is 1. The monoisotopic (exact) mass is 335 g/mol. The first kappa shape index (κ1) is 13.6. The SMILES string of the molecule is c1cnc2oc3ccc(-n4c5ccccc5c5cnccc54)cc3c2c1. The van der Waals surface area contributed by atoms with Gasteiger partial charge in [-0.05, 0) is 42.5 Å². The van der Waals surface area contributed by atoms with Gasteiger partial charge in [-0.15, -0.1) is 0 Å². The lowest BCUT2D eigenvalue weighted by Crippen LogP contribution is -1.93. The summed E-state index contributed by atoms with van der Waals surface area (Å²) in [6, 6.07) is 20.8. The van der Waals surface area contributed by atoms with Gasteiger partial charge >= 0.3 is 0 Å². The van der Waals surface area contributed by atoms with Crippen LogP contribution in [-0.2, 0) is 0 Å². The average Bonchev–Trinajstić information content (AvgIpc) is 3.23. The van der Waals surface area contributed by atoms with Gasteiger partial charge < -0.3 is 8.98 Å². The van der Waals surface area contributed by atoms with Gasteiger partial charge in [0.25, 0.3) is 0 Å². The van der Waals surface area contributed by atoms with E-state index >= 15 is 0 Å². The predicted molar refractivity (Wildman–Crippen MR) is 104 cm³/mol. The Morgan fingerprint density at radius 2 is 1.62 bits per heavy atom. The van der Waals surface area contributed by atoms with E-state index in [-0.39, 0.29) is 0 Å². The Balaban J connectivity index is 1.76. The molecule has 0 aliphatic rings. The van der Waals surface area contributed by atoms with Crippen molar-refractivity contribution >= 4 is 43.9 Å². The molecule has 0 saturated carbocycles. The number of pyridine rings is 2. The smallest absolute Gasteiger partial charge is 0.227 e. The third kappa shape index (κ3) is 1.73. The lowest BCUT2D eigenvalue weighted by Gasteiger charge is -2.07. The van der Waals surface area contributed by atoms with Crippen LogP contribution in [0.1, 0.15) is 0 Å². The second-order valence-corrected chi connectivity index (χ2v) is 6.38. The first-order chi connectivity index (χ1) is 12.9. The summed E-state index contributed by atoms with van der Waals surface area (Å²) >= 11 is 0. The van der Waals surface area contributed by atoms with Crippen LogP contribution in [0.3, 0.4) is 0 Å². The summed E-state index contributed by atoms with van der Waals surface area (Å²) in [5.41, 5.74) is 4.93. The van der Waals surface area contributed by atoms with E-state index in [1.54, 1.807) is 6.20 Å². The number of fused-ring (bicyclic) bond motifs is 6. The Morgan fingerprint density at radius 3 is 2.62 bits per heavy atom. The third-order valence-corrected chi connectivity index (χ3v) is 4.96. The van der Waals surface area contributed by atoms with Crippen molar-refractivity contribution in [1.29, 1.82) is 0 Å². The maximum atomic E-state index is 5.87. The summed E-state index contributed by atoms with van der Waals surface area (Å²) < 4.78 is 8.15. The summed E-state index contributed by atoms with van der Waals surface area (Å²) in [6.07, 6.45) is 5.53. The predicted octanol–water partition coefficient (Wildman–Crippen LogP) is 5.47. The van der Waals surface area contributed by atoms with Crippen molar-refractivity contribution in [2.24, 2.45) is 0 Å². The number of benzene rings is 2. The highest BCUT2D eigenvalue weighted by molar-refractivity contribution is 6.10. The fraction of sp³-hybridized carbons (Fsp3) is 0. The highest BCUT2D eigenvalue weighted by Crippen LogP contribution is 2.34. The van der Waals surface area contributed by atoms with E-state index in [0.29, 0.717) is 5.71 Å². The zero-order valence-electron chi connectivity index (χ0n) is 13.8. The van der Waals surface area contributed by atoms with E-state index in [2.05, 4.69) is 57.0 Å². The number of furan rings is 1. The maximum Gasteiger partial charge on any atom is 0.227 e. The number of para-hydroxylation sites is 1. The topological polar surface area (TPSA) is 43.9 Å². The van der Waals surface area contributed by atoms with Crippen molar-refractivity contribution < 1.29 is 4.42 Å². The molecule has 0 N–H and O–H groups in total. The molecule has 26 heavy (non-hydrogen) atoms. The zero-order chi connectivity index (χ0) is 17.1. The molecule has 4 nitrogen and oxygen atoms in total. The fourth-order valence-electron chi connectivity index (χ4n) is 3.83. The normalized spacial score (nSPS) is 11.8. The van der Waals surface area contributed by atoms with Crippen molar-refractivity contribution in [2.75, 3.05) is 0 Å². The van der Waals surface area contributed by atoms with E-state index in [0.717, 1.165) is 32.9 Å². The molecular formula is C22H13N3O. The van der Waals surface area contributed by atoms with Gasteiger partial charge in [-0.25, -0.2) is 4.98 Å². The number of hydrogen-bond donors (Lipinski definition) is 0. The van der Waals surface area contributed by atoms with Crippen LogP contribution >= 0.6 is 0 Å². The Hall–Kier alpha value is -3.66. The molecule has 6 aromatic rings. The minimum Gasteiger partial charge on any atom is -0.438 e. The highest BCUT2D eigenvalue weighted by atomic mass is 16.3. The summed E-state index contributed by atoms with van der Waals surface area (Å²) in [5.74, 6) is 0. The van der Waals surface area contributed by atoms with Crippen molar-refractivity contribution in [3.05, 3.63) is 79.3 Å². The highest BCUT2D eigenvalue weighted by Gasteiger charge is 2.14. The third-order valence-electron chi connectivity index (χ3n) is 4.96. The molecule has 0 unspecified atom stereocenters. The van der Waals surface area contributed by atoms with Crippen LogP contribution in [0.2, 0.25) is 0 Å². The Kier molecular flexibility index (Phi) is 2.58. The van der Waals surface area contributed by atoms with Crippen LogP contribution in [0, 0.1) is 0 Å². The van der Waals surface area contributed by atoms with E-state index in [1.807, 2.05) is 30.6 Å². The zero-order valence-corrected chi connectivity index (χ0v) is 13.8. The molecule has 122 valence electrons. The molecule has 4 heterocycles. The van der Waals surface area contributed by atoms with Crippen LogP contribution in [0.15, 0.2) is 83.7 Å². The number of nitrogens with zero attached hydrogens (tertiary/aromatic N) is 3. The number of hydrogen-bond acceptors (Lipinski definition) is 3. The lowest BCUT2D eigenvalue weighted by molar-refractivity contribution is 0.654. The van der Waals surface area contributed by atoms with E-state index < -0.39 is 0 Å². The Bertz CT molecular complexity index is 1390. The molecule has 0 fully saturated rings. The Labute approximate surface area is 148 Å². The van der Waals surface area contributed by atoms with Gasteiger partial charge in [-0.2, -0.15) is 0 Å². The molecule has 4 aromatic heterocycles. The number of aromatic nitrogens is 3. The summed E-state index contributed by atoms with van der Waals surface area (Å²) in [5, 5.41) is 4.47. The van der Waals surface area contributed by atoms with E-state index in [9.17, 15) is 0 Å². The molecule has 0 radical (unpaired) electrons. The largest absolute Gasteiger partial charge is 0.438 e. The van der Waals surface area contributed by atoms with Gasteiger partial charge in [-0.1, -0.05) is 18.2 Å². The maximum absolute atomic E-state index is 5.87. The quantitative estimate of drug-likeness (QED) is 0.400. The van der Waals surface area contributed by atoms with Crippen molar-refractivity contribution in [3.8, 4) is 5.69 Å². The van der Waals surface area contributed by atoms with Crippen molar-refractivity contribution in [2.45, 2.75) is 0 Å². The fourth-order valence-corrected chi connectivity index (χ4v) is 3.83. The summed E-state index contributed by atoms with van der Waals surface area (Å²) in [6.45, 7) is 0. The summed E-state index contributed by atoms with van der Waals surface area (Å²) in [4.78, 5) is 8.64. The Morgan fingerprint density at radius 1 is 0.731 bits per heavy atom. The van der Waals surface area contributed by atoms with Crippen LogP contribution in [0.4, 0.5) is 0 Å². The van der Waals surface area contributed by atoms with Crippen molar-refractivity contribution in [1.82, 2.24) is 14.5 Å². The first-order valence-corrected chi connectivity index (χ1v) is 8.51. The van der Waals surface area contributed by atoms with Gasteiger partial charge in [0.1, 0.15) is 5.58 Å². The molecule has 0 amide bonds. The molecule has 0 aliphatic heterocycles. The minimum atomic E-state index is 0.672. The molecule has 0 spiro atoms. The van der Waals surface area contributed by atoms with Crippen LogP contribution in [0.5, 0.6) is 0 Å². The second kappa shape index (κ2) is 4.92. The summed E-state index contributed by atoms with van der Waals surface area (Å²) in [7, 11) is 0. The van der Waals surface area contributed by atoms with E-state index in [4.69, 9.17) is 4.42 Å². The van der Waals surface area contributed by atoms with Crippen molar-refractivity contribution in [3.63, 3.8) is 0 Å². The van der Waals surface area contributed by atoms with Crippen LogP contribution in [-0.4, -0.2) is 14.5 Å². The molecule has 0 aliphatic carbocycles. The van der Waals surface area contributed by atoms with Crippen LogP contribution < -0.4 is 0 Å². The molecule has 0 saturated heterocycles. The molecule has 0 atom stereocenters. The standard InChI is InChI=1S/C22H13N3O/c1-2-6-19-15(4-1)18-13-23-11-9-20(18)25(19)14-7-8-21-17(12-14)16-5-3-10-24-22(16)26-21/h1-13H. The second-order valence-electron chi connectivity index (χ2n) is 6.38. The molecule has 0 bridgehead atoms. The van der Waals surface area contributed by atoms with Crippen LogP contribution in [0.25, 0.3) is 49.6 Å². The van der Waals surface area contributed by atoms with Gasteiger partial charge in [0.2, 0.25) is 5.71 Å².